The van der Waals surface area contributed by atoms with Gasteiger partial charge < -0.3 is 20.4 Å². The zero-order chi connectivity index (χ0) is 16.7. The molecule has 1 saturated heterocycles. The summed E-state index contributed by atoms with van der Waals surface area (Å²) in [6, 6.07) is 7.64. The smallest absolute Gasteiger partial charge is 0.313 e. The third-order valence-electron chi connectivity index (χ3n) is 4.02. The maximum Gasteiger partial charge on any atom is 0.313 e. The van der Waals surface area contributed by atoms with Crippen LogP contribution in [0.15, 0.2) is 24.3 Å². The second-order valence-electron chi connectivity index (χ2n) is 5.90. The SMILES string of the molecule is CCCCNC(=O)C(=O)Nc1ccc(N2CCN(C)CC2)cc1. The highest BCUT2D eigenvalue weighted by Gasteiger charge is 2.15. The molecule has 23 heavy (non-hydrogen) atoms. The van der Waals surface area contributed by atoms with Crippen molar-refractivity contribution in [3.8, 4) is 0 Å². The van der Waals surface area contributed by atoms with Crippen LogP contribution in [0.1, 0.15) is 19.8 Å². The van der Waals surface area contributed by atoms with E-state index in [1.54, 1.807) is 0 Å². The second-order valence-corrected chi connectivity index (χ2v) is 5.90. The van der Waals surface area contributed by atoms with Crippen LogP contribution >= 0.6 is 0 Å². The molecule has 1 aromatic carbocycles. The van der Waals surface area contributed by atoms with E-state index in [9.17, 15) is 9.59 Å². The third kappa shape index (κ3) is 5.25. The molecular weight excluding hydrogens is 292 g/mol. The Morgan fingerprint density at radius 1 is 1.04 bits per heavy atom. The lowest BCUT2D eigenvalue weighted by Crippen LogP contribution is -2.44. The number of nitrogens with zero attached hydrogens (tertiary/aromatic N) is 2. The molecule has 0 saturated carbocycles. The number of amides is 2. The Kier molecular flexibility index (Phi) is 6.40. The molecule has 6 nitrogen and oxygen atoms in total. The fourth-order valence-electron chi connectivity index (χ4n) is 2.47. The van der Waals surface area contributed by atoms with Crippen LogP contribution in [0.4, 0.5) is 11.4 Å². The largest absolute Gasteiger partial charge is 0.369 e. The van der Waals surface area contributed by atoms with Gasteiger partial charge in [-0.15, -0.1) is 0 Å². The molecule has 6 heteroatoms. The zero-order valence-electron chi connectivity index (χ0n) is 14.0. The van der Waals surface area contributed by atoms with E-state index in [-0.39, 0.29) is 0 Å². The molecule has 1 aliphatic rings. The molecule has 2 amide bonds. The van der Waals surface area contributed by atoms with Crippen molar-refractivity contribution in [1.29, 1.82) is 0 Å². The maximum absolute atomic E-state index is 11.8. The minimum atomic E-state index is -0.617. The van der Waals surface area contributed by atoms with Gasteiger partial charge in [-0.05, 0) is 37.7 Å². The number of rotatable bonds is 5. The van der Waals surface area contributed by atoms with Crippen LogP contribution in [0.2, 0.25) is 0 Å². The van der Waals surface area contributed by atoms with Crippen molar-refractivity contribution in [3.05, 3.63) is 24.3 Å². The Morgan fingerprint density at radius 2 is 1.70 bits per heavy atom. The molecule has 0 bridgehead atoms. The van der Waals surface area contributed by atoms with Gasteiger partial charge in [0.2, 0.25) is 0 Å². The first kappa shape index (κ1) is 17.3. The molecule has 0 aliphatic carbocycles. The lowest BCUT2D eigenvalue weighted by atomic mass is 10.2. The van der Waals surface area contributed by atoms with Crippen molar-refractivity contribution < 1.29 is 9.59 Å². The van der Waals surface area contributed by atoms with Gasteiger partial charge in [0.25, 0.3) is 0 Å². The number of likely N-dealkylation sites (N-methyl/N-ethyl adjacent to an activating group) is 1. The molecule has 0 radical (unpaired) electrons. The van der Waals surface area contributed by atoms with E-state index in [4.69, 9.17) is 0 Å². The van der Waals surface area contributed by atoms with Crippen LogP contribution in [0.5, 0.6) is 0 Å². The fraction of sp³-hybridized carbons (Fsp3) is 0.529. The fourth-order valence-corrected chi connectivity index (χ4v) is 2.47. The molecule has 1 heterocycles. The van der Waals surface area contributed by atoms with Crippen LogP contribution in [0, 0.1) is 0 Å². The van der Waals surface area contributed by atoms with Crippen LogP contribution < -0.4 is 15.5 Å². The van der Waals surface area contributed by atoms with Crippen molar-refractivity contribution in [2.45, 2.75) is 19.8 Å². The summed E-state index contributed by atoms with van der Waals surface area (Å²) < 4.78 is 0. The summed E-state index contributed by atoms with van der Waals surface area (Å²) in [5.41, 5.74) is 1.78. The standard InChI is InChI=1S/C17H26N4O2/c1-3-4-9-18-16(22)17(23)19-14-5-7-15(8-6-14)21-12-10-20(2)11-13-21/h5-8H,3-4,9-13H2,1-2H3,(H,18,22)(H,19,23). The lowest BCUT2D eigenvalue weighted by molar-refractivity contribution is -0.136. The highest BCUT2D eigenvalue weighted by molar-refractivity contribution is 6.39. The number of hydrogen-bond donors (Lipinski definition) is 2. The van der Waals surface area contributed by atoms with Gasteiger partial charge in [-0.3, -0.25) is 9.59 Å². The van der Waals surface area contributed by atoms with E-state index in [1.807, 2.05) is 31.2 Å². The molecule has 1 aliphatic heterocycles. The van der Waals surface area contributed by atoms with E-state index in [2.05, 4.69) is 27.5 Å². The first-order valence-corrected chi connectivity index (χ1v) is 8.23. The lowest BCUT2D eigenvalue weighted by Gasteiger charge is -2.34. The molecule has 0 aromatic heterocycles. The van der Waals surface area contributed by atoms with Gasteiger partial charge in [0.1, 0.15) is 0 Å². The molecule has 1 aromatic rings. The van der Waals surface area contributed by atoms with Gasteiger partial charge in [-0.1, -0.05) is 13.3 Å². The predicted octanol–water partition coefficient (Wildman–Crippen LogP) is 1.29. The molecule has 0 atom stereocenters. The number of piperazine rings is 1. The number of hydrogen-bond acceptors (Lipinski definition) is 4. The van der Waals surface area contributed by atoms with Crippen LogP contribution in [0.25, 0.3) is 0 Å². The molecular formula is C17H26N4O2. The highest BCUT2D eigenvalue weighted by atomic mass is 16.2. The minimum Gasteiger partial charge on any atom is -0.369 e. The van der Waals surface area contributed by atoms with Crippen molar-refractivity contribution in [2.75, 3.05) is 50.0 Å². The molecule has 0 spiro atoms. The van der Waals surface area contributed by atoms with Gasteiger partial charge in [0, 0.05) is 44.1 Å². The summed E-state index contributed by atoms with van der Waals surface area (Å²) >= 11 is 0. The number of carbonyl (C=O) groups is 2. The number of carbonyl (C=O) groups excluding carboxylic acids is 2. The summed E-state index contributed by atoms with van der Waals surface area (Å²) in [5.74, 6) is -1.20. The Morgan fingerprint density at radius 3 is 2.30 bits per heavy atom. The average Bonchev–Trinajstić information content (AvgIpc) is 2.56. The van der Waals surface area contributed by atoms with Gasteiger partial charge in [-0.2, -0.15) is 0 Å². The van der Waals surface area contributed by atoms with Crippen molar-refractivity contribution >= 4 is 23.2 Å². The number of anilines is 2. The van der Waals surface area contributed by atoms with Crippen molar-refractivity contribution in [1.82, 2.24) is 10.2 Å². The Balaban J connectivity index is 1.84. The Bertz CT molecular complexity index is 522. The topological polar surface area (TPSA) is 64.7 Å². The van der Waals surface area contributed by atoms with E-state index >= 15 is 0 Å². The monoisotopic (exact) mass is 318 g/mol. The van der Waals surface area contributed by atoms with E-state index in [0.717, 1.165) is 44.7 Å². The van der Waals surface area contributed by atoms with Crippen molar-refractivity contribution in [2.24, 2.45) is 0 Å². The summed E-state index contributed by atoms with van der Waals surface area (Å²) in [6.07, 6.45) is 1.86. The number of nitrogens with one attached hydrogen (secondary N) is 2. The maximum atomic E-state index is 11.8. The molecule has 2 N–H and O–H groups in total. The van der Waals surface area contributed by atoms with Crippen LogP contribution in [0.3, 0.4) is 0 Å². The molecule has 126 valence electrons. The minimum absolute atomic E-state index is 0.533. The molecule has 1 fully saturated rings. The van der Waals surface area contributed by atoms with Gasteiger partial charge in [-0.25, -0.2) is 0 Å². The number of benzene rings is 1. The Labute approximate surface area is 137 Å². The molecule has 0 unspecified atom stereocenters. The first-order valence-electron chi connectivity index (χ1n) is 8.23. The zero-order valence-corrected chi connectivity index (χ0v) is 14.0. The second kappa shape index (κ2) is 8.53. The van der Waals surface area contributed by atoms with Crippen LogP contribution in [-0.4, -0.2) is 56.5 Å². The Hall–Kier alpha value is -2.08. The van der Waals surface area contributed by atoms with Gasteiger partial charge in [0.05, 0.1) is 0 Å². The summed E-state index contributed by atoms with van der Waals surface area (Å²) in [5, 5.41) is 5.24. The third-order valence-corrected chi connectivity index (χ3v) is 4.02. The summed E-state index contributed by atoms with van der Waals surface area (Å²) in [7, 11) is 2.13. The first-order chi connectivity index (χ1) is 11.1. The number of unbranched alkanes of at least 4 members (excludes halogenated alkanes) is 1. The van der Waals surface area contributed by atoms with E-state index in [1.165, 1.54) is 0 Å². The van der Waals surface area contributed by atoms with E-state index < -0.39 is 11.8 Å². The highest BCUT2D eigenvalue weighted by Crippen LogP contribution is 2.19. The van der Waals surface area contributed by atoms with Crippen LogP contribution in [-0.2, 0) is 9.59 Å². The predicted molar refractivity (Wildman–Crippen MR) is 92.7 cm³/mol. The van der Waals surface area contributed by atoms with Gasteiger partial charge in [0.15, 0.2) is 0 Å². The molecule has 2 rings (SSSR count). The van der Waals surface area contributed by atoms with Crippen molar-refractivity contribution in [3.63, 3.8) is 0 Å². The van der Waals surface area contributed by atoms with Gasteiger partial charge >= 0.3 is 11.8 Å². The summed E-state index contributed by atoms with van der Waals surface area (Å²) in [4.78, 5) is 28.1. The quantitative estimate of drug-likeness (QED) is 0.634. The average molecular weight is 318 g/mol. The van der Waals surface area contributed by atoms with E-state index in [0.29, 0.717) is 12.2 Å². The summed E-state index contributed by atoms with van der Waals surface area (Å²) in [6.45, 7) is 6.68. The normalized spacial score (nSPS) is 15.3.